The van der Waals surface area contributed by atoms with Gasteiger partial charge in [-0.25, -0.2) is 0 Å². The quantitative estimate of drug-likeness (QED) is 0.154. The van der Waals surface area contributed by atoms with Crippen LogP contribution in [0, 0.1) is 27.7 Å². The highest BCUT2D eigenvalue weighted by atomic mass is 32.2. The minimum atomic E-state index is -4.71. The molecule has 0 bridgehead atoms. The maximum atomic E-state index is 13.7. The van der Waals surface area contributed by atoms with Crippen molar-refractivity contribution >= 4 is 40.5 Å². The van der Waals surface area contributed by atoms with E-state index >= 15 is 0 Å². The molecule has 4 aromatic carbocycles. The molecule has 1 saturated heterocycles. The van der Waals surface area contributed by atoms with Crippen molar-refractivity contribution in [2.75, 3.05) is 20.0 Å². The Morgan fingerprint density at radius 2 is 0.906 bits per heavy atom. The van der Waals surface area contributed by atoms with E-state index < -0.39 is 84.9 Å². The molecule has 286 valence electrons. The number of hydrogen-bond acceptors (Lipinski definition) is 14. The van der Waals surface area contributed by atoms with Crippen LogP contribution in [0.2, 0.25) is 0 Å². The predicted octanol–water partition coefficient (Wildman–Crippen LogP) is 4.32. The summed E-state index contributed by atoms with van der Waals surface area (Å²) in [7, 11) is -18.4. The van der Waals surface area contributed by atoms with Crippen molar-refractivity contribution in [2.45, 2.75) is 71.7 Å². The third kappa shape index (κ3) is 10.4. The summed E-state index contributed by atoms with van der Waals surface area (Å²) < 4.78 is 140. The SMILES string of the molecule is Cc1ccc(S(=O)(=O)OC[C@@H]2OCO[C@@H]([C@@H](COS(=O)(=O)c3ccc(C)cc3)OS(=O)(=O)c3ccc(C)cc3)[C@H]2OS(=O)(=O)c2ccc(C)cc2)cc1. The predicted molar refractivity (Wildman–Crippen MR) is 190 cm³/mol. The van der Waals surface area contributed by atoms with Crippen LogP contribution >= 0.6 is 0 Å². The minimum absolute atomic E-state index is 0.198. The van der Waals surface area contributed by atoms with Gasteiger partial charge in [-0.15, -0.1) is 0 Å². The summed E-state index contributed by atoms with van der Waals surface area (Å²) in [5, 5.41) is 0. The van der Waals surface area contributed by atoms with Crippen LogP contribution in [-0.4, -0.2) is 78.1 Å². The number of hydrogen-bond donors (Lipinski definition) is 0. The number of benzene rings is 4. The maximum Gasteiger partial charge on any atom is 0.297 e. The van der Waals surface area contributed by atoms with E-state index in [0.29, 0.717) is 0 Å². The van der Waals surface area contributed by atoms with Gasteiger partial charge < -0.3 is 9.47 Å². The highest BCUT2D eigenvalue weighted by Crippen LogP contribution is 2.30. The molecule has 0 N–H and O–H groups in total. The van der Waals surface area contributed by atoms with Crippen molar-refractivity contribution in [3.05, 3.63) is 119 Å². The third-order valence-corrected chi connectivity index (χ3v) is 13.4. The highest BCUT2D eigenvalue weighted by Gasteiger charge is 2.47. The first-order chi connectivity index (χ1) is 24.9. The third-order valence-electron chi connectivity index (χ3n) is 8.10. The second kappa shape index (κ2) is 16.4. The molecule has 1 fully saturated rings. The second-order valence-corrected chi connectivity index (χ2v) is 18.7. The summed E-state index contributed by atoms with van der Waals surface area (Å²) in [6, 6.07) is 22.5. The lowest BCUT2D eigenvalue weighted by Gasteiger charge is -2.39. The van der Waals surface area contributed by atoms with E-state index in [1.807, 2.05) is 0 Å². The van der Waals surface area contributed by atoms with Crippen LogP contribution in [0.5, 0.6) is 0 Å². The molecule has 0 aromatic heterocycles. The molecular weight excluding hydrogens is 773 g/mol. The molecular formula is C35H38O14S4. The van der Waals surface area contributed by atoms with Crippen LogP contribution in [0.25, 0.3) is 0 Å². The lowest BCUT2D eigenvalue weighted by Crippen LogP contribution is -2.57. The van der Waals surface area contributed by atoms with Crippen molar-refractivity contribution < 1.29 is 59.9 Å². The Kier molecular flexibility index (Phi) is 12.6. The molecule has 14 nitrogen and oxygen atoms in total. The molecule has 0 aliphatic carbocycles. The molecule has 4 aromatic rings. The zero-order chi connectivity index (χ0) is 38.6. The molecule has 5 rings (SSSR count). The number of ether oxygens (including phenoxy) is 2. The zero-order valence-electron chi connectivity index (χ0n) is 29.0. The fourth-order valence-electron chi connectivity index (χ4n) is 5.05. The normalized spacial score (nSPS) is 19.1. The minimum Gasteiger partial charge on any atom is -0.347 e. The van der Waals surface area contributed by atoms with Crippen LogP contribution in [-0.2, 0) is 66.7 Å². The summed E-state index contributed by atoms with van der Waals surface area (Å²) in [5.74, 6) is 0. The summed E-state index contributed by atoms with van der Waals surface area (Å²) in [5.41, 5.74) is 3.02. The Balaban J connectivity index is 1.53. The molecule has 18 heteroatoms. The summed E-state index contributed by atoms with van der Waals surface area (Å²) in [4.78, 5) is -1.06. The van der Waals surface area contributed by atoms with E-state index in [0.717, 1.165) is 22.3 Å². The summed E-state index contributed by atoms with van der Waals surface area (Å²) >= 11 is 0. The Morgan fingerprint density at radius 3 is 1.34 bits per heavy atom. The van der Waals surface area contributed by atoms with Crippen LogP contribution < -0.4 is 0 Å². The molecule has 0 unspecified atom stereocenters. The van der Waals surface area contributed by atoms with E-state index in [2.05, 4.69) is 0 Å². The van der Waals surface area contributed by atoms with Gasteiger partial charge in [0, 0.05) is 0 Å². The Labute approximate surface area is 310 Å². The van der Waals surface area contributed by atoms with Crippen molar-refractivity contribution in [1.82, 2.24) is 0 Å². The second-order valence-electron chi connectivity index (χ2n) is 12.3. The first-order valence-electron chi connectivity index (χ1n) is 16.0. The van der Waals surface area contributed by atoms with Crippen LogP contribution in [0.3, 0.4) is 0 Å². The number of aryl methyl sites for hydroxylation is 4. The zero-order valence-corrected chi connectivity index (χ0v) is 32.3. The molecule has 0 spiro atoms. The van der Waals surface area contributed by atoms with Gasteiger partial charge in [-0.1, -0.05) is 70.8 Å². The van der Waals surface area contributed by atoms with E-state index in [1.165, 1.54) is 84.9 Å². The van der Waals surface area contributed by atoms with E-state index in [4.69, 9.17) is 26.2 Å². The Hall–Kier alpha value is -3.56. The average molecular weight is 811 g/mol. The van der Waals surface area contributed by atoms with Gasteiger partial charge in [0.1, 0.15) is 31.2 Å². The largest absolute Gasteiger partial charge is 0.347 e. The molecule has 0 radical (unpaired) electrons. The number of rotatable bonds is 15. The van der Waals surface area contributed by atoms with Gasteiger partial charge in [-0.2, -0.15) is 33.7 Å². The fraction of sp³-hybridized carbons (Fsp3) is 0.314. The highest BCUT2D eigenvalue weighted by molar-refractivity contribution is 7.87. The van der Waals surface area contributed by atoms with E-state index in [9.17, 15) is 33.7 Å². The van der Waals surface area contributed by atoms with Gasteiger partial charge in [0.2, 0.25) is 0 Å². The Bertz CT molecular complexity index is 2310. The standard InChI is InChI=1S/C35H38O14S4/c1-24-5-13-28(14-6-24)50(36,37)46-21-32-35(49-53(42,43)31-19-11-27(4)12-20-31)34(45-23-44-32)33(48-52(40,41)30-17-9-26(3)10-18-30)22-47-51(38,39)29-15-7-25(2)8-16-29/h5-20,32-35H,21-23H2,1-4H3/t32-,33+,34-,35-/m0/s1. The topological polar surface area (TPSA) is 192 Å². The molecule has 53 heavy (non-hydrogen) atoms. The van der Waals surface area contributed by atoms with Crippen molar-refractivity contribution in [2.24, 2.45) is 0 Å². The smallest absolute Gasteiger partial charge is 0.297 e. The fourth-order valence-corrected chi connectivity index (χ4v) is 9.07. The van der Waals surface area contributed by atoms with E-state index in [-0.39, 0.29) is 19.6 Å². The van der Waals surface area contributed by atoms with E-state index in [1.54, 1.807) is 39.8 Å². The van der Waals surface area contributed by atoms with Gasteiger partial charge in [0.05, 0.1) is 32.8 Å². The molecule has 0 saturated carbocycles. The van der Waals surface area contributed by atoms with Gasteiger partial charge in [0.15, 0.2) is 0 Å². The van der Waals surface area contributed by atoms with Gasteiger partial charge >= 0.3 is 0 Å². The van der Waals surface area contributed by atoms with Gasteiger partial charge in [-0.3, -0.25) is 16.7 Å². The monoisotopic (exact) mass is 810 g/mol. The first kappa shape index (κ1) is 40.6. The van der Waals surface area contributed by atoms with Gasteiger partial charge in [0.25, 0.3) is 40.5 Å². The average Bonchev–Trinajstić information content (AvgIpc) is 3.10. The Morgan fingerprint density at radius 1 is 0.528 bits per heavy atom. The van der Waals surface area contributed by atoms with Crippen LogP contribution in [0.15, 0.2) is 117 Å². The van der Waals surface area contributed by atoms with Crippen molar-refractivity contribution in [3.8, 4) is 0 Å². The van der Waals surface area contributed by atoms with Crippen molar-refractivity contribution in [3.63, 3.8) is 0 Å². The molecule has 1 heterocycles. The molecule has 4 atom stereocenters. The lowest BCUT2D eigenvalue weighted by molar-refractivity contribution is -0.247. The summed E-state index contributed by atoms with van der Waals surface area (Å²) in [6.07, 6.45) is -7.13. The first-order valence-corrected chi connectivity index (χ1v) is 21.6. The van der Waals surface area contributed by atoms with Crippen LogP contribution in [0.4, 0.5) is 0 Å². The maximum absolute atomic E-state index is 13.7. The van der Waals surface area contributed by atoms with Crippen molar-refractivity contribution in [1.29, 1.82) is 0 Å². The molecule has 1 aliphatic rings. The molecule has 0 amide bonds. The molecule has 1 aliphatic heterocycles. The lowest BCUT2D eigenvalue weighted by atomic mass is 10.0. The summed E-state index contributed by atoms with van der Waals surface area (Å²) in [6.45, 7) is 4.46. The van der Waals surface area contributed by atoms with Gasteiger partial charge in [-0.05, 0) is 76.2 Å². The van der Waals surface area contributed by atoms with Crippen LogP contribution in [0.1, 0.15) is 22.3 Å².